The molecule has 0 atom stereocenters. The van der Waals surface area contributed by atoms with E-state index in [1.165, 1.54) is 19.3 Å². The van der Waals surface area contributed by atoms with Crippen LogP contribution in [0, 0.1) is 5.41 Å². The maximum absolute atomic E-state index is 12.7. The molecule has 21 heavy (non-hydrogen) atoms. The Morgan fingerprint density at radius 3 is 2.19 bits per heavy atom. The molecule has 5 heteroatoms. The number of hydrogen-bond donors (Lipinski definition) is 1. The number of rotatable bonds is 3. The molecule has 2 aliphatic carbocycles. The second kappa shape index (κ2) is 5.95. The number of amides is 2. The molecule has 0 unspecified atom stereocenters. The number of nitrogens with one attached hydrogen (secondary N) is 1. The summed E-state index contributed by atoms with van der Waals surface area (Å²) in [7, 11) is 2.07. The van der Waals surface area contributed by atoms with E-state index in [9.17, 15) is 9.59 Å². The minimum absolute atomic E-state index is 0.00155. The zero-order valence-corrected chi connectivity index (χ0v) is 13.1. The molecule has 0 aromatic heterocycles. The normalized spacial score (nSPS) is 26.4. The molecule has 1 aliphatic heterocycles. The summed E-state index contributed by atoms with van der Waals surface area (Å²) >= 11 is 0. The van der Waals surface area contributed by atoms with Gasteiger partial charge in [-0.1, -0.05) is 19.3 Å². The van der Waals surface area contributed by atoms with E-state index in [-0.39, 0.29) is 11.8 Å². The van der Waals surface area contributed by atoms with Gasteiger partial charge in [0.1, 0.15) is 5.41 Å². The van der Waals surface area contributed by atoms with Gasteiger partial charge >= 0.3 is 0 Å². The van der Waals surface area contributed by atoms with Gasteiger partial charge in [-0.15, -0.1) is 0 Å². The van der Waals surface area contributed by atoms with Crippen molar-refractivity contribution in [2.75, 3.05) is 33.2 Å². The first-order chi connectivity index (χ1) is 10.1. The lowest BCUT2D eigenvalue weighted by Crippen LogP contribution is -2.53. The quantitative estimate of drug-likeness (QED) is 0.790. The van der Waals surface area contributed by atoms with Crippen LogP contribution >= 0.6 is 0 Å². The zero-order chi connectivity index (χ0) is 14.9. The Kier molecular flexibility index (Phi) is 4.20. The third-order valence-corrected chi connectivity index (χ3v) is 5.32. The van der Waals surface area contributed by atoms with Gasteiger partial charge in [-0.3, -0.25) is 9.59 Å². The summed E-state index contributed by atoms with van der Waals surface area (Å²) in [6, 6.07) is 0.295. The maximum Gasteiger partial charge on any atom is 0.238 e. The predicted molar refractivity (Wildman–Crippen MR) is 80.8 cm³/mol. The second-order valence-electron chi connectivity index (χ2n) is 6.99. The monoisotopic (exact) mass is 293 g/mol. The van der Waals surface area contributed by atoms with E-state index in [0.29, 0.717) is 6.04 Å². The number of piperazine rings is 1. The van der Waals surface area contributed by atoms with Crippen molar-refractivity contribution in [2.45, 2.75) is 51.0 Å². The molecule has 2 saturated carbocycles. The van der Waals surface area contributed by atoms with Crippen molar-refractivity contribution in [3.63, 3.8) is 0 Å². The molecule has 0 radical (unpaired) electrons. The Morgan fingerprint density at radius 1 is 1.00 bits per heavy atom. The van der Waals surface area contributed by atoms with Gasteiger partial charge in [-0.25, -0.2) is 0 Å². The SMILES string of the molecule is CN1CCN(C(=O)C2(C(=O)NC3CCCCC3)CC2)CC1. The van der Waals surface area contributed by atoms with Crippen LogP contribution in [0.2, 0.25) is 0 Å². The van der Waals surface area contributed by atoms with Gasteiger partial charge in [0, 0.05) is 32.2 Å². The van der Waals surface area contributed by atoms with Gasteiger partial charge in [-0.2, -0.15) is 0 Å². The van der Waals surface area contributed by atoms with Gasteiger partial charge in [-0.05, 0) is 32.7 Å². The van der Waals surface area contributed by atoms with Crippen LogP contribution in [-0.2, 0) is 9.59 Å². The van der Waals surface area contributed by atoms with Crippen LogP contribution in [0.4, 0.5) is 0 Å². The van der Waals surface area contributed by atoms with Gasteiger partial charge in [0.15, 0.2) is 0 Å². The van der Waals surface area contributed by atoms with Crippen LogP contribution in [0.15, 0.2) is 0 Å². The van der Waals surface area contributed by atoms with Crippen LogP contribution in [0.25, 0.3) is 0 Å². The van der Waals surface area contributed by atoms with Crippen molar-refractivity contribution in [1.82, 2.24) is 15.1 Å². The summed E-state index contributed by atoms with van der Waals surface area (Å²) in [6.45, 7) is 3.33. The second-order valence-corrected chi connectivity index (χ2v) is 6.99. The van der Waals surface area contributed by atoms with Crippen LogP contribution in [0.1, 0.15) is 44.9 Å². The Bertz CT molecular complexity index is 406. The third kappa shape index (κ3) is 3.07. The number of hydrogen-bond acceptors (Lipinski definition) is 3. The van der Waals surface area contributed by atoms with E-state index < -0.39 is 5.41 Å². The number of carbonyl (C=O) groups is 2. The number of carbonyl (C=O) groups excluding carboxylic acids is 2. The number of nitrogens with zero attached hydrogens (tertiary/aromatic N) is 2. The molecule has 0 bridgehead atoms. The molecular weight excluding hydrogens is 266 g/mol. The molecule has 3 aliphatic rings. The van der Waals surface area contributed by atoms with Gasteiger partial charge in [0.05, 0.1) is 0 Å². The van der Waals surface area contributed by atoms with Crippen LogP contribution in [0.5, 0.6) is 0 Å². The fraction of sp³-hybridized carbons (Fsp3) is 0.875. The highest BCUT2D eigenvalue weighted by Crippen LogP contribution is 2.48. The summed E-state index contributed by atoms with van der Waals surface area (Å²) in [5.74, 6) is 0.0715. The summed E-state index contributed by atoms with van der Waals surface area (Å²) in [5, 5.41) is 3.15. The Labute approximate surface area is 127 Å². The molecule has 3 rings (SSSR count). The van der Waals surface area contributed by atoms with Crippen molar-refractivity contribution >= 4 is 11.8 Å². The highest BCUT2D eigenvalue weighted by atomic mass is 16.2. The molecule has 2 amide bonds. The third-order valence-electron chi connectivity index (χ3n) is 5.32. The number of likely N-dealkylation sites (N-methyl/N-ethyl adjacent to an activating group) is 1. The van der Waals surface area contributed by atoms with E-state index in [1.807, 2.05) is 4.90 Å². The molecule has 1 heterocycles. The van der Waals surface area contributed by atoms with Crippen molar-refractivity contribution in [3.8, 4) is 0 Å². The maximum atomic E-state index is 12.7. The van der Waals surface area contributed by atoms with E-state index >= 15 is 0 Å². The minimum atomic E-state index is -0.715. The highest BCUT2D eigenvalue weighted by molar-refractivity contribution is 6.08. The summed E-state index contributed by atoms with van der Waals surface area (Å²) < 4.78 is 0. The van der Waals surface area contributed by atoms with Gasteiger partial charge < -0.3 is 15.1 Å². The van der Waals surface area contributed by atoms with Crippen molar-refractivity contribution in [1.29, 1.82) is 0 Å². The molecule has 0 spiro atoms. The molecule has 0 aromatic carbocycles. The van der Waals surface area contributed by atoms with E-state index in [2.05, 4.69) is 17.3 Å². The molecule has 3 fully saturated rings. The average Bonchev–Trinajstić information content (AvgIpc) is 3.30. The smallest absolute Gasteiger partial charge is 0.238 e. The standard InChI is InChI=1S/C16H27N3O2/c1-18-9-11-19(12-10-18)15(21)16(7-8-16)14(20)17-13-5-3-2-4-6-13/h13H,2-12H2,1H3,(H,17,20). The Balaban J connectivity index is 1.58. The Morgan fingerprint density at radius 2 is 1.62 bits per heavy atom. The largest absolute Gasteiger partial charge is 0.352 e. The minimum Gasteiger partial charge on any atom is -0.352 e. The van der Waals surface area contributed by atoms with Crippen LogP contribution < -0.4 is 5.32 Å². The summed E-state index contributed by atoms with van der Waals surface area (Å²) in [5.41, 5.74) is -0.715. The van der Waals surface area contributed by atoms with Gasteiger partial charge in [0.25, 0.3) is 0 Å². The van der Waals surface area contributed by atoms with E-state index in [1.54, 1.807) is 0 Å². The van der Waals surface area contributed by atoms with E-state index in [4.69, 9.17) is 0 Å². The van der Waals surface area contributed by atoms with Crippen molar-refractivity contribution < 1.29 is 9.59 Å². The summed E-state index contributed by atoms with van der Waals surface area (Å²) in [4.78, 5) is 29.4. The zero-order valence-electron chi connectivity index (χ0n) is 13.1. The molecule has 0 aromatic rings. The highest BCUT2D eigenvalue weighted by Gasteiger charge is 2.58. The van der Waals surface area contributed by atoms with Crippen molar-refractivity contribution in [3.05, 3.63) is 0 Å². The summed E-state index contributed by atoms with van der Waals surface area (Å²) in [6.07, 6.45) is 7.29. The average molecular weight is 293 g/mol. The predicted octanol–water partition coefficient (Wildman–Crippen LogP) is 0.989. The molecule has 5 nitrogen and oxygen atoms in total. The van der Waals surface area contributed by atoms with Crippen molar-refractivity contribution in [2.24, 2.45) is 5.41 Å². The molecule has 1 N–H and O–H groups in total. The lowest BCUT2D eigenvalue weighted by atomic mass is 9.94. The fourth-order valence-electron chi connectivity index (χ4n) is 3.55. The molecular formula is C16H27N3O2. The van der Waals surface area contributed by atoms with Crippen LogP contribution in [-0.4, -0.2) is 60.9 Å². The molecule has 118 valence electrons. The van der Waals surface area contributed by atoms with E-state index in [0.717, 1.165) is 51.9 Å². The lowest BCUT2D eigenvalue weighted by Gasteiger charge is -2.35. The first-order valence-electron chi connectivity index (χ1n) is 8.41. The van der Waals surface area contributed by atoms with Crippen LogP contribution in [0.3, 0.4) is 0 Å². The molecule has 1 saturated heterocycles. The first kappa shape index (κ1) is 14.8. The topological polar surface area (TPSA) is 52.7 Å². The lowest BCUT2D eigenvalue weighted by molar-refractivity contribution is -0.145. The first-order valence-corrected chi connectivity index (χ1v) is 8.41. The fourth-order valence-corrected chi connectivity index (χ4v) is 3.55. The Hall–Kier alpha value is -1.10. The van der Waals surface area contributed by atoms with Gasteiger partial charge in [0.2, 0.25) is 11.8 Å².